The molecule has 0 spiro atoms. The summed E-state index contributed by atoms with van der Waals surface area (Å²) < 4.78 is 10.3. The molecule has 68 valence electrons. The Morgan fingerprint density at radius 1 is 1.33 bits per heavy atom. The molecule has 0 heterocycles. The molecular weight excluding hydrogens is 154 g/mol. The van der Waals surface area contributed by atoms with Gasteiger partial charge in [-0.15, -0.1) is 0 Å². The minimum Gasteiger partial charge on any atom is -0.497 e. The summed E-state index contributed by atoms with van der Waals surface area (Å²) in [7, 11) is 3.31. The third kappa shape index (κ3) is 1.80. The summed E-state index contributed by atoms with van der Waals surface area (Å²) >= 11 is 0. The minimum atomic E-state index is 0.601. The number of allylic oxidation sites excluding steroid dienone is 2. The molecular formula is C9H15NO2. The van der Waals surface area contributed by atoms with Crippen LogP contribution in [0.5, 0.6) is 0 Å². The Hall–Kier alpha value is -0.960. The molecule has 12 heavy (non-hydrogen) atoms. The molecule has 0 fully saturated rings. The lowest BCUT2D eigenvalue weighted by molar-refractivity contribution is 0.217. The highest BCUT2D eigenvalue weighted by molar-refractivity contribution is 5.27. The van der Waals surface area contributed by atoms with E-state index in [-0.39, 0.29) is 0 Å². The van der Waals surface area contributed by atoms with E-state index in [4.69, 9.17) is 15.2 Å². The van der Waals surface area contributed by atoms with E-state index in [2.05, 4.69) is 0 Å². The van der Waals surface area contributed by atoms with E-state index in [1.54, 1.807) is 14.2 Å². The standard InChI is InChI=1S/C9H15NO2/c1-11-8-4-3-7(6-10)5-9(8)12-2/h5H,3-4,6,10H2,1-2H3. The van der Waals surface area contributed by atoms with E-state index < -0.39 is 0 Å². The van der Waals surface area contributed by atoms with E-state index in [0.29, 0.717) is 6.54 Å². The van der Waals surface area contributed by atoms with Crippen LogP contribution in [0.2, 0.25) is 0 Å². The third-order valence-corrected chi connectivity index (χ3v) is 2.01. The summed E-state index contributed by atoms with van der Waals surface area (Å²) in [5.74, 6) is 1.72. The van der Waals surface area contributed by atoms with Gasteiger partial charge in [0.15, 0.2) is 5.76 Å². The molecule has 1 aliphatic rings. The van der Waals surface area contributed by atoms with E-state index in [1.807, 2.05) is 6.08 Å². The van der Waals surface area contributed by atoms with Crippen molar-refractivity contribution < 1.29 is 9.47 Å². The Bertz CT molecular complexity index is 219. The van der Waals surface area contributed by atoms with Gasteiger partial charge < -0.3 is 15.2 Å². The van der Waals surface area contributed by atoms with Gasteiger partial charge in [0.05, 0.1) is 14.2 Å². The maximum Gasteiger partial charge on any atom is 0.156 e. The fraction of sp³-hybridized carbons (Fsp3) is 0.556. The Morgan fingerprint density at radius 2 is 2.08 bits per heavy atom. The molecule has 1 aliphatic carbocycles. The van der Waals surface area contributed by atoms with Gasteiger partial charge in [-0.2, -0.15) is 0 Å². The van der Waals surface area contributed by atoms with Crippen molar-refractivity contribution >= 4 is 0 Å². The molecule has 0 radical (unpaired) electrons. The van der Waals surface area contributed by atoms with E-state index in [1.165, 1.54) is 5.57 Å². The molecule has 0 bridgehead atoms. The minimum absolute atomic E-state index is 0.601. The van der Waals surface area contributed by atoms with Crippen molar-refractivity contribution in [3.63, 3.8) is 0 Å². The SMILES string of the molecule is COC1=C(OC)CCC(CN)=C1. The van der Waals surface area contributed by atoms with Crippen LogP contribution >= 0.6 is 0 Å². The Labute approximate surface area is 72.8 Å². The molecule has 1 rings (SSSR count). The number of hydrogen-bond acceptors (Lipinski definition) is 3. The van der Waals surface area contributed by atoms with Gasteiger partial charge in [-0.3, -0.25) is 0 Å². The normalized spacial score (nSPS) is 17.4. The van der Waals surface area contributed by atoms with Crippen molar-refractivity contribution in [2.45, 2.75) is 12.8 Å². The van der Waals surface area contributed by atoms with Gasteiger partial charge in [0.1, 0.15) is 5.76 Å². The molecule has 0 aromatic carbocycles. The summed E-state index contributed by atoms with van der Waals surface area (Å²) in [5, 5.41) is 0. The first-order valence-electron chi connectivity index (χ1n) is 4.02. The number of rotatable bonds is 3. The predicted molar refractivity (Wildman–Crippen MR) is 47.4 cm³/mol. The molecule has 0 saturated carbocycles. The van der Waals surface area contributed by atoms with E-state index in [9.17, 15) is 0 Å². The fourth-order valence-electron chi connectivity index (χ4n) is 1.27. The quantitative estimate of drug-likeness (QED) is 0.689. The van der Waals surface area contributed by atoms with Gasteiger partial charge in [0.25, 0.3) is 0 Å². The van der Waals surface area contributed by atoms with Crippen LogP contribution in [0.3, 0.4) is 0 Å². The summed E-state index contributed by atoms with van der Waals surface area (Å²) in [6, 6.07) is 0. The van der Waals surface area contributed by atoms with E-state index >= 15 is 0 Å². The van der Waals surface area contributed by atoms with Crippen molar-refractivity contribution in [3.05, 3.63) is 23.2 Å². The van der Waals surface area contributed by atoms with Crippen LogP contribution in [-0.4, -0.2) is 20.8 Å². The molecule has 0 atom stereocenters. The molecule has 0 unspecified atom stereocenters. The Balaban J connectivity index is 2.81. The maximum absolute atomic E-state index is 5.52. The van der Waals surface area contributed by atoms with Crippen LogP contribution in [0.1, 0.15) is 12.8 Å². The smallest absolute Gasteiger partial charge is 0.156 e. The predicted octanol–water partition coefficient (Wildman–Crippen LogP) is 1.17. The number of ether oxygens (including phenoxy) is 2. The second-order valence-corrected chi connectivity index (χ2v) is 2.70. The zero-order chi connectivity index (χ0) is 8.97. The molecule has 0 saturated heterocycles. The lowest BCUT2D eigenvalue weighted by Crippen LogP contribution is -2.09. The molecule has 0 amide bonds. The van der Waals surface area contributed by atoms with Gasteiger partial charge in [-0.1, -0.05) is 5.57 Å². The highest BCUT2D eigenvalue weighted by Gasteiger charge is 2.13. The molecule has 0 aromatic rings. The molecule has 3 heteroatoms. The molecule has 3 nitrogen and oxygen atoms in total. The topological polar surface area (TPSA) is 44.5 Å². The average molecular weight is 169 g/mol. The summed E-state index contributed by atoms with van der Waals surface area (Å²) in [6.45, 7) is 0.601. The monoisotopic (exact) mass is 169 g/mol. The van der Waals surface area contributed by atoms with E-state index in [0.717, 1.165) is 24.4 Å². The first kappa shape index (κ1) is 9.13. The fourth-order valence-corrected chi connectivity index (χ4v) is 1.27. The largest absolute Gasteiger partial charge is 0.497 e. The Morgan fingerprint density at radius 3 is 2.58 bits per heavy atom. The van der Waals surface area contributed by atoms with Gasteiger partial charge in [0, 0.05) is 13.0 Å². The van der Waals surface area contributed by atoms with Crippen molar-refractivity contribution in [3.8, 4) is 0 Å². The van der Waals surface area contributed by atoms with Crippen LogP contribution in [0.25, 0.3) is 0 Å². The number of methoxy groups -OCH3 is 2. The van der Waals surface area contributed by atoms with Crippen LogP contribution in [0.4, 0.5) is 0 Å². The van der Waals surface area contributed by atoms with Gasteiger partial charge in [-0.05, 0) is 12.5 Å². The van der Waals surface area contributed by atoms with Gasteiger partial charge in [-0.25, -0.2) is 0 Å². The number of nitrogens with two attached hydrogens (primary N) is 1. The molecule has 0 aliphatic heterocycles. The second-order valence-electron chi connectivity index (χ2n) is 2.70. The zero-order valence-electron chi connectivity index (χ0n) is 7.59. The second kappa shape index (κ2) is 4.16. The third-order valence-electron chi connectivity index (χ3n) is 2.01. The highest BCUT2D eigenvalue weighted by atomic mass is 16.5. The van der Waals surface area contributed by atoms with Crippen LogP contribution in [0.15, 0.2) is 23.2 Å². The van der Waals surface area contributed by atoms with Crippen LogP contribution in [-0.2, 0) is 9.47 Å². The molecule has 2 N–H and O–H groups in total. The van der Waals surface area contributed by atoms with Gasteiger partial charge >= 0.3 is 0 Å². The maximum atomic E-state index is 5.52. The van der Waals surface area contributed by atoms with Crippen molar-refractivity contribution in [2.24, 2.45) is 5.73 Å². The first-order valence-corrected chi connectivity index (χ1v) is 4.02. The molecule has 0 aromatic heterocycles. The van der Waals surface area contributed by atoms with Crippen LogP contribution < -0.4 is 5.73 Å². The summed E-state index contributed by atoms with van der Waals surface area (Å²) in [4.78, 5) is 0. The Kier molecular flexibility index (Phi) is 3.17. The lowest BCUT2D eigenvalue weighted by atomic mass is 10.0. The van der Waals surface area contributed by atoms with Crippen LogP contribution in [0, 0.1) is 0 Å². The first-order chi connectivity index (χ1) is 5.81. The zero-order valence-corrected chi connectivity index (χ0v) is 7.59. The van der Waals surface area contributed by atoms with Crippen molar-refractivity contribution in [1.29, 1.82) is 0 Å². The highest BCUT2D eigenvalue weighted by Crippen LogP contribution is 2.23. The average Bonchev–Trinajstić information content (AvgIpc) is 2.16. The summed E-state index contributed by atoms with van der Waals surface area (Å²) in [5.41, 5.74) is 6.74. The van der Waals surface area contributed by atoms with Crippen molar-refractivity contribution in [1.82, 2.24) is 0 Å². The summed E-state index contributed by atoms with van der Waals surface area (Å²) in [6.07, 6.45) is 3.83. The number of hydrogen-bond donors (Lipinski definition) is 1. The lowest BCUT2D eigenvalue weighted by Gasteiger charge is -2.17. The van der Waals surface area contributed by atoms with Gasteiger partial charge in [0.2, 0.25) is 0 Å². The van der Waals surface area contributed by atoms with Crippen molar-refractivity contribution in [2.75, 3.05) is 20.8 Å².